The van der Waals surface area contributed by atoms with Gasteiger partial charge in [0.15, 0.2) is 0 Å². The van der Waals surface area contributed by atoms with Gasteiger partial charge in [-0.05, 0) is 0 Å². The normalized spacial score (nSPS) is 6.19. The molecule has 0 fully saturated rings. The van der Waals surface area contributed by atoms with Crippen LogP contribution in [0.2, 0.25) is 0 Å². The maximum absolute atomic E-state index is 9.00. The van der Waals surface area contributed by atoms with Crippen LogP contribution in [0.4, 0.5) is 0 Å². The Balaban J connectivity index is -0.0000000331. The summed E-state index contributed by atoms with van der Waals surface area (Å²) in [6.07, 6.45) is 0. The van der Waals surface area contributed by atoms with Crippen LogP contribution in [-0.2, 0) is 19.2 Å². The van der Waals surface area contributed by atoms with Gasteiger partial charge >= 0.3 is 0 Å². The van der Waals surface area contributed by atoms with Crippen LogP contribution in [0.25, 0.3) is 0 Å². The zero-order valence-corrected chi connectivity index (χ0v) is 15.7. The van der Waals surface area contributed by atoms with E-state index in [1.165, 1.54) is 0 Å². The van der Waals surface area contributed by atoms with E-state index in [4.69, 9.17) is 51.1 Å². The summed E-state index contributed by atoms with van der Waals surface area (Å²) >= 11 is 0. The Kier molecular flexibility index (Phi) is 64.1. The summed E-state index contributed by atoms with van der Waals surface area (Å²) in [5.41, 5.74) is 9.81. The molecule has 0 saturated carbocycles. The van der Waals surface area contributed by atoms with Gasteiger partial charge in [-0.15, -0.1) is 0 Å². The minimum Gasteiger partial charge on any atom is -0.481 e. The van der Waals surface area contributed by atoms with Crippen LogP contribution in [0, 0.1) is 40.8 Å². The van der Waals surface area contributed by atoms with Crippen molar-refractivity contribution in [3.05, 3.63) is 0 Å². The fourth-order valence-electron chi connectivity index (χ4n) is 0. The molecular weight excluding hydrogens is 420 g/mol. The van der Waals surface area contributed by atoms with Gasteiger partial charge in [-0.25, -0.2) is 0 Å². The van der Waals surface area contributed by atoms with Gasteiger partial charge in [-0.1, -0.05) is 0 Å². The summed E-state index contributed by atoms with van der Waals surface area (Å²) in [6.45, 7) is 5.53. The molecule has 0 rings (SSSR count). The topological polar surface area (TPSA) is 201 Å². The zero-order valence-electron chi connectivity index (χ0n) is 12.5. The van der Waals surface area contributed by atoms with Crippen molar-refractivity contribution < 1.29 is 80.4 Å². The molecule has 0 aliphatic rings. The van der Waals surface area contributed by atoms with Gasteiger partial charge < -0.3 is 31.9 Å². The van der Waals surface area contributed by atoms with Crippen molar-refractivity contribution in [2.45, 2.75) is 27.7 Å². The fourth-order valence-corrected chi connectivity index (χ4v) is 0. The molecule has 0 heterocycles. The number of carboxylic acid groups (broad SMARTS) is 4. The number of hydrogen-bond donors (Lipinski definition) is 6. The zero-order chi connectivity index (χ0) is 17.7. The number of rotatable bonds is 1. The predicted octanol–water partition coefficient (Wildman–Crippen LogP) is -0.733. The molecule has 0 aliphatic heterocycles. The number of carbonyl (C=O) groups is 4. The fraction of sp³-hybridized carbons (Fsp3) is 0.600. The third kappa shape index (κ3) is 248000. The van der Waals surface area contributed by atoms with Gasteiger partial charge in [0.1, 0.15) is 0 Å². The smallest absolute Gasteiger partial charge is 0.300 e. The van der Waals surface area contributed by atoms with Gasteiger partial charge in [0.05, 0.1) is 0 Å². The van der Waals surface area contributed by atoms with Crippen molar-refractivity contribution in [2.75, 3.05) is 13.1 Å². The molecule has 11 heteroatoms. The molecule has 0 aromatic carbocycles. The van der Waals surface area contributed by atoms with Gasteiger partial charge in [-0.2, -0.15) is 0 Å². The second kappa shape index (κ2) is 36.5. The summed E-state index contributed by atoms with van der Waals surface area (Å²) in [5, 5.41) is 29.7. The Labute approximate surface area is 156 Å². The van der Waals surface area contributed by atoms with E-state index in [-0.39, 0.29) is 40.8 Å². The van der Waals surface area contributed by atoms with Crippen LogP contribution in [-0.4, -0.2) is 57.4 Å². The molecule has 21 heavy (non-hydrogen) atoms. The molecule has 0 atom stereocenters. The summed E-state index contributed by atoms with van der Waals surface area (Å²) in [5.74, 6) is -3.33. The van der Waals surface area contributed by atoms with E-state index in [1.807, 2.05) is 0 Å². The van der Waals surface area contributed by atoms with Crippen LogP contribution >= 0.6 is 0 Å². The van der Waals surface area contributed by atoms with Gasteiger partial charge in [0.2, 0.25) is 0 Å². The van der Waals surface area contributed by atoms with Crippen molar-refractivity contribution >= 4 is 23.9 Å². The first-order chi connectivity index (χ1) is 8.84. The predicted molar refractivity (Wildman–Crippen MR) is 71.3 cm³/mol. The molecule has 0 spiro atoms. The molecule has 10 nitrogen and oxygen atoms in total. The molecule has 0 bridgehead atoms. The van der Waals surface area contributed by atoms with Gasteiger partial charge in [-0.3, -0.25) is 19.2 Å². The van der Waals surface area contributed by atoms with Crippen molar-refractivity contribution in [2.24, 2.45) is 11.5 Å². The molecule has 0 aromatic heterocycles. The maximum atomic E-state index is 9.00. The largest absolute Gasteiger partial charge is 0.481 e. The summed E-state index contributed by atoms with van der Waals surface area (Å²) in [7, 11) is 0. The van der Waals surface area contributed by atoms with E-state index >= 15 is 0 Å². The van der Waals surface area contributed by atoms with Crippen molar-refractivity contribution in [1.29, 1.82) is 0 Å². The van der Waals surface area contributed by atoms with Crippen molar-refractivity contribution in [1.82, 2.24) is 0 Å². The van der Waals surface area contributed by atoms with Crippen LogP contribution in [0.15, 0.2) is 0 Å². The molecule has 0 aliphatic carbocycles. The van der Waals surface area contributed by atoms with E-state index in [1.54, 1.807) is 0 Å². The third-order valence-electron chi connectivity index (χ3n) is 0.167. The van der Waals surface area contributed by atoms with Crippen molar-refractivity contribution in [3.63, 3.8) is 0 Å². The monoisotopic (exact) mass is 442 g/mol. The minimum atomic E-state index is -0.833. The first-order valence-electron chi connectivity index (χ1n) is 5.03. The van der Waals surface area contributed by atoms with Gasteiger partial charge in [0.25, 0.3) is 23.9 Å². The summed E-state index contributed by atoms with van der Waals surface area (Å²) in [6, 6.07) is 0. The molecule has 0 aromatic rings. The molecular formula is C10H24N2NdO8. The Morgan fingerprint density at radius 1 is 0.619 bits per heavy atom. The van der Waals surface area contributed by atoms with Crippen molar-refractivity contribution in [3.8, 4) is 0 Å². The second-order valence-electron chi connectivity index (χ2n) is 2.65. The Hall–Kier alpha value is -0.849. The standard InChI is InChI=1S/C2H8N2.4C2H4O2.Nd/c3-1-2-4;4*1-2(3)4;/h1-4H2;4*1H3,(H,3,4);. The molecule has 126 valence electrons. The second-order valence-corrected chi connectivity index (χ2v) is 2.65. The quantitative estimate of drug-likeness (QED) is 0.299. The van der Waals surface area contributed by atoms with Crippen LogP contribution in [0.5, 0.6) is 0 Å². The first kappa shape index (κ1) is 36.9. The average molecular weight is 445 g/mol. The minimum absolute atomic E-state index is 0. The number of nitrogens with two attached hydrogens (primary N) is 2. The number of carboxylic acids is 4. The molecule has 0 unspecified atom stereocenters. The molecule has 0 amide bonds. The SMILES string of the molecule is CC(=O)O.CC(=O)O.CC(=O)O.CC(=O)O.NCCN.[Nd]. The first-order valence-corrected chi connectivity index (χ1v) is 5.03. The third-order valence-corrected chi connectivity index (χ3v) is 0.167. The Morgan fingerprint density at radius 2 is 0.667 bits per heavy atom. The average Bonchev–Trinajstić information content (AvgIpc) is 2.13. The molecule has 8 N–H and O–H groups in total. The molecule has 0 radical (unpaired) electrons. The number of aliphatic carboxylic acids is 4. The van der Waals surface area contributed by atoms with Crippen LogP contribution < -0.4 is 11.5 Å². The Morgan fingerprint density at radius 3 is 0.667 bits per heavy atom. The van der Waals surface area contributed by atoms with E-state index < -0.39 is 23.9 Å². The summed E-state index contributed by atoms with van der Waals surface area (Å²) in [4.78, 5) is 36.0. The maximum Gasteiger partial charge on any atom is 0.300 e. The van der Waals surface area contributed by atoms with Gasteiger partial charge in [0, 0.05) is 81.6 Å². The van der Waals surface area contributed by atoms with Crippen LogP contribution in [0.3, 0.4) is 0 Å². The number of hydrogen-bond acceptors (Lipinski definition) is 6. The summed E-state index contributed by atoms with van der Waals surface area (Å²) < 4.78 is 0. The van der Waals surface area contributed by atoms with E-state index in [2.05, 4.69) is 0 Å². The molecule has 0 saturated heterocycles. The van der Waals surface area contributed by atoms with E-state index in [0.717, 1.165) is 27.7 Å². The Bertz CT molecular complexity index is 195. The van der Waals surface area contributed by atoms with E-state index in [9.17, 15) is 0 Å². The van der Waals surface area contributed by atoms with Crippen LogP contribution in [0.1, 0.15) is 27.7 Å². The van der Waals surface area contributed by atoms with E-state index in [0.29, 0.717) is 13.1 Å².